The maximum Gasteiger partial charge on any atom is 0.252 e. The van der Waals surface area contributed by atoms with Crippen LogP contribution in [0.4, 0.5) is 5.95 Å². The summed E-state index contributed by atoms with van der Waals surface area (Å²) in [6.07, 6.45) is 0.264. The Morgan fingerprint density at radius 2 is 2.07 bits per heavy atom. The molecule has 0 aliphatic carbocycles. The summed E-state index contributed by atoms with van der Waals surface area (Å²) in [4.78, 5) is 27.0. The van der Waals surface area contributed by atoms with Gasteiger partial charge in [-0.15, -0.1) is 0 Å². The maximum absolute atomic E-state index is 13.1. The van der Waals surface area contributed by atoms with Crippen molar-refractivity contribution in [2.24, 2.45) is 0 Å². The molecule has 27 heavy (non-hydrogen) atoms. The minimum Gasteiger partial charge on any atom is -0.343 e. The molecule has 0 spiro atoms. The van der Waals surface area contributed by atoms with Gasteiger partial charge < -0.3 is 10.2 Å². The van der Waals surface area contributed by atoms with Crippen LogP contribution in [0.25, 0.3) is 0 Å². The molecule has 8 heteroatoms. The van der Waals surface area contributed by atoms with Gasteiger partial charge in [0, 0.05) is 30.3 Å². The lowest BCUT2D eigenvalue weighted by Crippen LogP contribution is -2.33. The summed E-state index contributed by atoms with van der Waals surface area (Å²) in [5, 5.41) is 14.7. The standard InChI is InChI=1S/C19H22N6O2/c1-10-16(11(2)25-18(24(10)5)21-22-23-25)15(26)9-12-6-7-13-14(8-12)19(3,4)20-17(13)27/h6-8,11H,9H2,1-5H3,(H,20,27)/t11-/m1/s1. The largest absolute Gasteiger partial charge is 0.343 e. The first-order valence-electron chi connectivity index (χ1n) is 8.92. The topological polar surface area (TPSA) is 93.0 Å². The van der Waals surface area contributed by atoms with Crippen molar-refractivity contribution >= 4 is 17.6 Å². The van der Waals surface area contributed by atoms with Crippen LogP contribution < -0.4 is 10.2 Å². The molecule has 1 aromatic carbocycles. The van der Waals surface area contributed by atoms with Crippen LogP contribution in [0.2, 0.25) is 0 Å². The molecular weight excluding hydrogens is 344 g/mol. The van der Waals surface area contributed by atoms with Gasteiger partial charge in [-0.05, 0) is 55.3 Å². The number of allylic oxidation sites excluding steroid dienone is 2. The number of aromatic nitrogens is 4. The van der Waals surface area contributed by atoms with Crippen molar-refractivity contribution in [3.8, 4) is 0 Å². The molecule has 0 unspecified atom stereocenters. The number of carbonyl (C=O) groups excluding carboxylic acids is 2. The second kappa shape index (κ2) is 5.73. The number of amides is 1. The molecule has 1 aromatic heterocycles. The predicted molar refractivity (Wildman–Crippen MR) is 99.3 cm³/mol. The van der Waals surface area contributed by atoms with Crippen molar-refractivity contribution in [3.63, 3.8) is 0 Å². The molecule has 1 amide bonds. The molecule has 0 radical (unpaired) electrons. The van der Waals surface area contributed by atoms with E-state index < -0.39 is 5.54 Å². The highest BCUT2D eigenvalue weighted by molar-refractivity contribution is 6.01. The van der Waals surface area contributed by atoms with Crippen LogP contribution in [-0.2, 0) is 16.8 Å². The summed E-state index contributed by atoms with van der Waals surface area (Å²) in [5.74, 6) is 0.587. The van der Waals surface area contributed by atoms with Gasteiger partial charge in [-0.2, -0.15) is 0 Å². The van der Waals surface area contributed by atoms with Crippen LogP contribution in [-0.4, -0.2) is 38.9 Å². The van der Waals surface area contributed by atoms with E-state index in [-0.39, 0.29) is 24.2 Å². The van der Waals surface area contributed by atoms with Gasteiger partial charge in [-0.25, -0.2) is 4.68 Å². The van der Waals surface area contributed by atoms with Gasteiger partial charge in [0.05, 0.1) is 11.6 Å². The highest BCUT2D eigenvalue weighted by atomic mass is 16.2. The van der Waals surface area contributed by atoms with Gasteiger partial charge in [-0.3, -0.25) is 9.59 Å². The Labute approximate surface area is 157 Å². The van der Waals surface area contributed by atoms with Gasteiger partial charge in [0.1, 0.15) is 0 Å². The van der Waals surface area contributed by atoms with Crippen LogP contribution in [0.5, 0.6) is 0 Å². The number of hydrogen-bond acceptors (Lipinski definition) is 6. The molecule has 0 bridgehead atoms. The minimum atomic E-state index is -0.430. The quantitative estimate of drug-likeness (QED) is 0.890. The van der Waals surface area contributed by atoms with Crippen LogP contribution in [0.15, 0.2) is 29.5 Å². The summed E-state index contributed by atoms with van der Waals surface area (Å²) >= 11 is 0. The van der Waals surface area contributed by atoms with E-state index in [1.807, 2.05) is 51.8 Å². The molecule has 0 saturated carbocycles. The van der Waals surface area contributed by atoms with Crippen molar-refractivity contribution in [2.75, 3.05) is 11.9 Å². The van der Waals surface area contributed by atoms with Crippen LogP contribution >= 0.6 is 0 Å². The van der Waals surface area contributed by atoms with Crippen molar-refractivity contribution in [2.45, 2.75) is 45.7 Å². The molecule has 8 nitrogen and oxygen atoms in total. The van der Waals surface area contributed by atoms with Crippen molar-refractivity contribution in [3.05, 3.63) is 46.2 Å². The van der Waals surface area contributed by atoms with Crippen LogP contribution in [0, 0.1) is 0 Å². The number of ketones is 1. The van der Waals surface area contributed by atoms with Crippen LogP contribution in [0.3, 0.4) is 0 Å². The Kier molecular flexibility index (Phi) is 3.69. The first-order chi connectivity index (χ1) is 12.7. The zero-order chi connectivity index (χ0) is 19.5. The van der Waals surface area contributed by atoms with Crippen molar-refractivity contribution in [1.29, 1.82) is 0 Å². The van der Waals surface area contributed by atoms with Gasteiger partial charge in [0.2, 0.25) is 5.95 Å². The summed E-state index contributed by atoms with van der Waals surface area (Å²) in [5.41, 5.74) is 3.62. The zero-order valence-electron chi connectivity index (χ0n) is 16.1. The summed E-state index contributed by atoms with van der Waals surface area (Å²) in [6, 6.07) is 5.39. The van der Waals surface area contributed by atoms with Gasteiger partial charge in [0.25, 0.3) is 5.91 Å². The second-order valence-corrected chi connectivity index (χ2v) is 7.72. The third-order valence-corrected chi connectivity index (χ3v) is 5.55. The fourth-order valence-corrected chi connectivity index (χ4v) is 3.97. The van der Waals surface area contributed by atoms with Crippen LogP contribution in [0.1, 0.15) is 55.2 Å². The number of hydrogen-bond donors (Lipinski definition) is 1. The lowest BCUT2D eigenvalue weighted by atomic mass is 9.90. The van der Waals surface area contributed by atoms with E-state index in [1.54, 1.807) is 10.7 Å². The molecule has 2 aromatic rings. The van der Waals surface area contributed by atoms with Gasteiger partial charge in [0.15, 0.2) is 5.78 Å². The van der Waals surface area contributed by atoms with Gasteiger partial charge in [-0.1, -0.05) is 17.2 Å². The highest BCUT2D eigenvalue weighted by Gasteiger charge is 2.36. The molecule has 2 aliphatic heterocycles. The summed E-state index contributed by atoms with van der Waals surface area (Å²) in [7, 11) is 1.85. The number of Topliss-reactive ketones (excluding diaryl/α,β-unsaturated/α-hetero) is 1. The molecule has 2 aliphatic rings. The van der Waals surface area contributed by atoms with E-state index in [2.05, 4.69) is 20.8 Å². The molecule has 140 valence electrons. The number of nitrogens with zero attached hydrogens (tertiary/aromatic N) is 5. The number of anilines is 1. The summed E-state index contributed by atoms with van der Waals surface area (Å²) < 4.78 is 1.66. The van der Waals surface area contributed by atoms with E-state index in [1.165, 1.54) is 0 Å². The first-order valence-corrected chi connectivity index (χ1v) is 8.92. The number of nitrogens with one attached hydrogen (secondary N) is 1. The second-order valence-electron chi connectivity index (χ2n) is 7.72. The minimum absolute atomic E-state index is 0.0306. The molecular formula is C19H22N6O2. The normalized spacial score (nSPS) is 20.4. The Bertz CT molecular complexity index is 1000. The van der Waals surface area contributed by atoms with E-state index in [9.17, 15) is 9.59 Å². The lowest BCUT2D eigenvalue weighted by molar-refractivity contribution is -0.115. The van der Waals surface area contributed by atoms with E-state index in [0.717, 1.165) is 16.8 Å². The van der Waals surface area contributed by atoms with E-state index >= 15 is 0 Å². The predicted octanol–water partition coefficient (Wildman–Crippen LogP) is 1.75. The number of fused-ring (bicyclic) bond motifs is 2. The Morgan fingerprint density at radius 3 is 2.81 bits per heavy atom. The van der Waals surface area contributed by atoms with Crippen molar-refractivity contribution < 1.29 is 9.59 Å². The molecule has 0 saturated heterocycles. The fraction of sp³-hybridized carbons (Fsp3) is 0.421. The molecule has 0 fully saturated rings. The lowest BCUT2D eigenvalue weighted by Gasteiger charge is -2.30. The average molecular weight is 366 g/mol. The monoisotopic (exact) mass is 366 g/mol. The average Bonchev–Trinajstić information content (AvgIpc) is 3.17. The number of benzene rings is 1. The maximum atomic E-state index is 13.1. The third kappa shape index (κ3) is 2.55. The van der Waals surface area contributed by atoms with Crippen molar-refractivity contribution in [1.82, 2.24) is 25.5 Å². The molecule has 1 atom stereocenters. The van der Waals surface area contributed by atoms with Gasteiger partial charge >= 0.3 is 0 Å². The van der Waals surface area contributed by atoms with E-state index in [4.69, 9.17) is 0 Å². The number of rotatable bonds is 3. The summed E-state index contributed by atoms with van der Waals surface area (Å²) in [6.45, 7) is 7.77. The first kappa shape index (κ1) is 17.4. The third-order valence-electron chi connectivity index (χ3n) is 5.55. The highest BCUT2D eigenvalue weighted by Crippen LogP contribution is 2.34. The smallest absolute Gasteiger partial charge is 0.252 e. The zero-order valence-corrected chi connectivity index (χ0v) is 16.1. The van der Waals surface area contributed by atoms with E-state index in [0.29, 0.717) is 17.1 Å². The molecule has 4 rings (SSSR count). The fourth-order valence-electron chi connectivity index (χ4n) is 3.97. The Hall–Kier alpha value is -3.03. The molecule has 3 heterocycles. The Morgan fingerprint density at radius 1 is 1.33 bits per heavy atom. The Balaban J connectivity index is 1.66. The SMILES string of the molecule is CC1=C(C(=O)Cc2ccc3c(c2)C(C)(C)NC3=O)[C@@H](C)n2nnnc2N1C. The number of tetrazole rings is 1. The number of carbonyl (C=O) groups is 2. The molecule has 1 N–H and O–H groups in total.